The van der Waals surface area contributed by atoms with Gasteiger partial charge in [-0.3, -0.25) is 4.79 Å². The number of thioether (sulfide) groups is 1. The number of carbonyl (C=O) groups is 1. The number of carboxylic acids is 1. The highest BCUT2D eigenvalue weighted by Crippen LogP contribution is 2.16. The molecule has 0 fully saturated rings. The molecule has 0 aliphatic heterocycles. The number of nitrogens with two attached hydrogens (primary N) is 1. The number of benzene rings is 1. The minimum Gasteiger partial charge on any atom is -0.480 e. The Morgan fingerprint density at radius 3 is 2.93 bits per heavy atom. The van der Waals surface area contributed by atoms with Crippen LogP contribution < -0.4 is 5.73 Å². The van der Waals surface area contributed by atoms with Crippen LogP contribution in [0.4, 0.5) is 0 Å². The van der Waals surface area contributed by atoms with Gasteiger partial charge in [-0.25, -0.2) is 0 Å². The average molecular weight is 246 g/mol. The molecule has 0 aromatic heterocycles. The average Bonchev–Trinajstić information content (AvgIpc) is 2.17. The highest BCUT2D eigenvalue weighted by Gasteiger charge is 2.10. The van der Waals surface area contributed by atoms with Gasteiger partial charge in [-0.15, -0.1) is 0 Å². The second-order valence-corrected chi connectivity index (χ2v) is 4.56. The van der Waals surface area contributed by atoms with Crippen molar-refractivity contribution in [1.29, 1.82) is 0 Å². The minimum atomic E-state index is -0.964. The number of rotatable bonds is 5. The summed E-state index contributed by atoms with van der Waals surface area (Å²) < 4.78 is 0. The van der Waals surface area contributed by atoms with Crippen molar-refractivity contribution in [1.82, 2.24) is 0 Å². The molecule has 3 nitrogen and oxygen atoms in total. The number of carboxylic acid groups (broad SMARTS) is 1. The van der Waals surface area contributed by atoms with Crippen molar-refractivity contribution in [2.75, 3.05) is 5.75 Å². The van der Waals surface area contributed by atoms with Gasteiger partial charge in [-0.05, 0) is 17.7 Å². The van der Waals surface area contributed by atoms with Crippen LogP contribution in [0.15, 0.2) is 24.3 Å². The Kier molecular flexibility index (Phi) is 4.94. The molecular weight excluding hydrogens is 234 g/mol. The maximum atomic E-state index is 10.4. The summed E-state index contributed by atoms with van der Waals surface area (Å²) in [6.45, 7) is 0. The van der Waals surface area contributed by atoms with E-state index < -0.39 is 12.0 Å². The monoisotopic (exact) mass is 245 g/mol. The summed E-state index contributed by atoms with van der Waals surface area (Å²) in [5.41, 5.74) is 6.44. The molecule has 0 unspecified atom stereocenters. The van der Waals surface area contributed by atoms with E-state index in [-0.39, 0.29) is 0 Å². The molecular formula is C10H12ClNO2S. The predicted molar refractivity (Wildman–Crippen MR) is 63.2 cm³/mol. The third kappa shape index (κ3) is 4.55. The van der Waals surface area contributed by atoms with Gasteiger partial charge in [0, 0.05) is 16.5 Å². The molecule has 0 bridgehead atoms. The lowest BCUT2D eigenvalue weighted by Crippen LogP contribution is -2.32. The third-order valence-electron chi connectivity index (χ3n) is 1.77. The van der Waals surface area contributed by atoms with Crippen molar-refractivity contribution < 1.29 is 9.90 Å². The van der Waals surface area contributed by atoms with E-state index in [4.69, 9.17) is 22.4 Å². The van der Waals surface area contributed by atoms with E-state index in [2.05, 4.69) is 0 Å². The number of halogens is 1. The lowest BCUT2D eigenvalue weighted by molar-refractivity contribution is -0.137. The van der Waals surface area contributed by atoms with Crippen molar-refractivity contribution in [3.63, 3.8) is 0 Å². The van der Waals surface area contributed by atoms with Crippen molar-refractivity contribution in [2.24, 2.45) is 5.73 Å². The van der Waals surface area contributed by atoms with E-state index >= 15 is 0 Å². The van der Waals surface area contributed by atoms with Gasteiger partial charge in [0.2, 0.25) is 0 Å². The van der Waals surface area contributed by atoms with Crippen molar-refractivity contribution in [3.8, 4) is 0 Å². The molecule has 0 spiro atoms. The molecule has 82 valence electrons. The number of aliphatic carboxylic acids is 1. The molecule has 1 atom stereocenters. The molecule has 0 amide bonds. The maximum Gasteiger partial charge on any atom is 0.321 e. The van der Waals surface area contributed by atoms with Crippen LogP contribution >= 0.6 is 23.4 Å². The first kappa shape index (κ1) is 12.4. The molecule has 5 heteroatoms. The Bertz CT molecular complexity index is 346. The largest absolute Gasteiger partial charge is 0.480 e. The summed E-state index contributed by atoms with van der Waals surface area (Å²) >= 11 is 7.30. The van der Waals surface area contributed by atoms with Crippen LogP contribution in [0.25, 0.3) is 0 Å². The van der Waals surface area contributed by atoms with Gasteiger partial charge in [0.15, 0.2) is 0 Å². The first-order valence-electron chi connectivity index (χ1n) is 4.40. The summed E-state index contributed by atoms with van der Waals surface area (Å²) in [4.78, 5) is 10.4. The summed E-state index contributed by atoms with van der Waals surface area (Å²) in [6.07, 6.45) is 0. The first-order valence-corrected chi connectivity index (χ1v) is 5.93. The van der Waals surface area contributed by atoms with Crippen molar-refractivity contribution in [3.05, 3.63) is 34.9 Å². The SMILES string of the molecule is N[C@H](CSCc1cccc(Cl)c1)C(=O)O. The van der Waals surface area contributed by atoms with Crippen LogP contribution in [0.1, 0.15) is 5.56 Å². The van der Waals surface area contributed by atoms with Gasteiger partial charge in [0.05, 0.1) is 0 Å². The number of hydrogen-bond donors (Lipinski definition) is 2. The fourth-order valence-corrected chi connectivity index (χ4v) is 2.14. The van der Waals surface area contributed by atoms with Crippen molar-refractivity contribution >= 4 is 29.3 Å². The zero-order valence-corrected chi connectivity index (χ0v) is 9.59. The van der Waals surface area contributed by atoms with E-state index in [9.17, 15) is 4.79 Å². The molecule has 0 radical (unpaired) electrons. The minimum absolute atomic E-state index is 0.405. The zero-order valence-electron chi connectivity index (χ0n) is 8.02. The zero-order chi connectivity index (χ0) is 11.3. The number of hydrogen-bond acceptors (Lipinski definition) is 3. The van der Waals surface area contributed by atoms with Gasteiger partial charge in [-0.2, -0.15) is 11.8 Å². The van der Waals surface area contributed by atoms with Crippen LogP contribution in [0.2, 0.25) is 5.02 Å². The van der Waals surface area contributed by atoms with Crippen molar-refractivity contribution in [2.45, 2.75) is 11.8 Å². The lowest BCUT2D eigenvalue weighted by Gasteiger charge is -2.05. The Morgan fingerprint density at radius 1 is 1.60 bits per heavy atom. The normalized spacial score (nSPS) is 12.4. The van der Waals surface area contributed by atoms with Gasteiger partial charge in [-0.1, -0.05) is 23.7 Å². The highest BCUT2D eigenvalue weighted by molar-refractivity contribution is 7.98. The molecule has 0 saturated carbocycles. The molecule has 3 N–H and O–H groups in total. The molecule has 1 aromatic rings. The Labute approximate surface area is 97.6 Å². The summed E-state index contributed by atoms with van der Waals surface area (Å²) in [7, 11) is 0. The van der Waals surface area contributed by atoms with E-state index in [0.29, 0.717) is 10.8 Å². The second-order valence-electron chi connectivity index (χ2n) is 3.09. The molecule has 0 heterocycles. The summed E-state index contributed by atoms with van der Waals surface area (Å²) in [6, 6.07) is 6.69. The summed E-state index contributed by atoms with van der Waals surface area (Å²) in [5.74, 6) is 0.164. The summed E-state index contributed by atoms with van der Waals surface area (Å²) in [5, 5.41) is 9.25. The fourth-order valence-electron chi connectivity index (χ4n) is 1.00. The molecule has 0 aliphatic carbocycles. The molecule has 0 saturated heterocycles. The van der Waals surface area contributed by atoms with Crippen LogP contribution in [0.5, 0.6) is 0 Å². The van der Waals surface area contributed by atoms with Crippen LogP contribution in [0.3, 0.4) is 0 Å². The molecule has 1 aromatic carbocycles. The molecule has 15 heavy (non-hydrogen) atoms. The second kappa shape index (κ2) is 6.00. The third-order valence-corrected chi connectivity index (χ3v) is 3.14. The van der Waals surface area contributed by atoms with E-state index in [1.807, 2.05) is 18.2 Å². The molecule has 1 rings (SSSR count). The maximum absolute atomic E-state index is 10.4. The quantitative estimate of drug-likeness (QED) is 0.833. The lowest BCUT2D eigenvalue weighted by atomic mass is 10.2. The van der Waals surface area contributed by atoms with E-state index in [0.717, 1.165) is 11.3 Å². The van der Waals surface area contributed by atoms with Crippen LogP contribution in [-0.2, 0) is 10.5 Å². The van der Waals surface area contributed by atoms with Gasteiger partial charge in [0.25, 0.3) is 0 Å². The van der Waals surface area contributed by atoms with Gasteiger partial charge < -0.3 is 10.8 Å². The standard InChI is InChI=1S/C10H12ClNO2S/c11-8-3-1-2-7(4-8)5-15-6-9(12)10(13)14/h1-4,9H,5-6,12H2,(H,13,14)/t9-/m1/s1. The van der Waals surface area contributed by atoms with Crippen LogP contribution in [-0.4, -0.2) is 22.9 Å². The smallest absolute Gasteiger partial charge is 0.321 e. The topological polar surface area (TPSA) is 63.3 Å². The van der Waals surface area contributed by atoms with Crippen LogP contribution in [0, 0.1) is 0 Å². The molecule has 0 aliphatic rings. The van der Waals surface area contributed by atoms with Gasteiger partial charge >= 0.3 is 5.97 Å². The highest BCUT2D eigenvalue weighted by atomic mass is 35.5. The Hall–Kier alpha value is -0.710. The predicted octanol–water partition coefficient (Wildman–Crippen LogP) is 1.99. The van der Waals surface area contributed by atoms with Gasteiger partial charge in [0.1, 0.15) is 6.04 Å². The Morgan fingerprint density at radius 2 is 2.33 bits per heavy atom. The van der Waals surface area contributed by atoms with E-state index in [1.165, 1.54) is 11.8 Å². The van der Waals surface area contributed by atoms with E-state index in [1.54, 1.807) is 6.07 Å². The Balaban J connectivity index is 2.35. The first-order chi connectivity index (χ1) is 7.09. The fraction of sp³-hybridized carbons (Fsp3) is 0.300.